The first-order valence-corrected chi connectivity index (χ1v) is 11.8. The van der Waals surface area contributed by atoms with Crippen LogP contribution < -0.4 is 10.2 Å². The lowest BCUT2D eigenvalue weighted by Gasteiger charge is -2.26. The summed E-state index contributed by atoms with van der Waals surface area (Å²) in [7, 11) is 0. The summed E-state index contributed by atoms with van der Waals surface area (Å²) < 4.78 is 6.26. The maximum Gasteiger partial charge on any atom is 0.230 e. The maximum atomic E-state index is 13.4. The summed E-state index contributed by atoms with van der Waals surface area (Å²) in [6.45, 7) is 7.30. The molecule has 3 aliphatic rings. The normalized spacial score (nSPS) is 27.2. The molecule has 1 spiro atoms. The fourth-order valence-electron chi connectivity index (χ4n) is 5.55. The Balaban J connectivity index is 1.25. The Morgan fingerprint density at radius 1 is 1.18 bits per heavy atom. The highest BCUT2D eigenvalue weighted by molar-refractivity contribution is 5.93. The first kappa shape index (κ1) is 21.7. The van der Waals surface area contributed by atoms with E-state index in [1.54, 1.807) is 0 Å². The van der Waals surface area contributed by atoms with Crippen LogP contribution in [0.15, 0.2) is 66.7 Å². The van der Waals surface area contributed by atoms with Gasteiger partial charge in [-0.25, -0.2) is 0 Å². The van der Waals surface area contributed by atoms with Crippen molar-refractivity contribution < 1.29 is 14.3 Å². The number of ether oxygens (including phenoxy) is 1. The van der Waals surface area contributed by atoms with Crippen molar-refractivity contribution in [1.29, 1.82) is 0 Å². The molecular formula is C27H31N3O3. The zero-order valence-corrected chi connectivity index (χ0v) is 19.2. The van der Waals surface area contributed by atoms with Crippen LogP contribution in [0, 0.1) is 18.8 Å². The molecule has 0 aliphatic carbocycles. The van der Waals surface area contributed by atoms with E-state index in [0.29, 0.717) is 26.2 Å². The summed E-state index contributed by atoms with van der Waals surface area (Å²) in [5.41, 5.74) is 2.75. The molecule has 4 atom stereocenters. The molecular weight excluding hydrogens is 414 g/mol. The Hall–Kier alpha value is -3.12. The van der Waals surface area contributed by atoms with Crippen molar-refractivity contribution in [1.82, 2.24) is 10.2 Å². The van der Waals surface area contributed by atoms with Crippen LogP contribution in [0.25, 0.3) is 0 Å². The van der Waals surface area contributed by atoms with E-state index in [9.17, 15) is 9.59 Å². The monoisotopic (exact) mass is 445 g/mol. The summed E-state index contributed by atoms with van der Waals surface area (Å²) in [5.74, 6) is -1.000. The molecule has 2 aromatic rings. The van der Waals surface area contributed by atoms with E-state index in [4.69, 9.17) is 4.74 Å². The van der Waals surface area contributed by atoms with Gasteiger partial charge < -0.3 is 19.9 Å². The molecule has 0 aromatic heterocycles. The minimum Gasteiger partial charge on any atom is -0.370 e. The van der Waals surface area contributed by atoms with Crippen LogP contribution in [-0.2, 0) is 20.9 Å². The number of fused-ring (bicyclic) bond motifs is 1. The quantitative estimate of drug-likeness (QED) is 0.635. The minimum absolute atomic E-state index is 0.0183. The molecule has 2 amide bonds. The Morgan fingerprint density at radius 2 is 1.94 bits per heavy atom. The Morgan fingerprint density at radius 3 is 2.70 bits per heavy atom. The lowest BCUT2D eigenvalue weighted by atomic mass is 9.77. The smallest absolute Gasteiger partial charge is 0.230 e. The topological polar surface area (TPSA) is 61.9 Å². The number of para-hydroxylation sites is 1. The number of carbonyl (C=O) groups excluding carboxylic acids is 2. The van der Waals surface area contributed by atoms with Crippen LogP contribution in [0.5, 0.6) is 0 Å². The zero-order chi connectivity index (χ0) is 23.0. The molecule has 6 heteroatoms. The number of amides is 2. The summed E-state index contributed by atoms with van der Waals surface area (Å²) >= 11 is 0. The number of aryl methyl sites for hydroxylation is 1. The zero-order valence-electron chi connectivity index (χ0n) is 19.2. The van der Waals surface area contributed by atoms with Crippen LogP contribution in [0.4, 0.5) is 5.69 Å². The molecule has 0 radical (unpaired) electrons. The van der Waals surface area contributed by atoms with E-state index in [1.165, 1.54) is 0 Å². The summed E-state index contributed by atoms with van der Waals surface area (Å²) in [5, 5.41) is 3.08. The van der Waals surface area contributed by atoms with E-state index in [2.05, 4.69) is 48.3 Å². The standard InChI is InChI=1S/C27H31N3O3/c1-3-29(21-11-5-4-6-12-21)16-15-28-25(31)23-22-13-14-27(33-22)18-30(26(32)24(23)27)17-20-10-8-7-9-19(20)2/h4-14,22-24H,3,15-18H2,1-2H3,(H,28,31). The number of likely N-dealkylation sites (tertiary alicyclic amines) is 1. The van der Waals surface area contributed by atoms with Gasteiger partial charge in [0.2, 0.25) is 11.8 Å². The van der Waals surface area contributed by atoms with Gasteiger partial charge in [-0.15, -0.1) is 0 Å². The Labute approximate surface area is 195 Å². The third-order valence-corrected chi connectivity index (χ3v) is 7.29. The number of hydrogen-bond acceptors (Lipinski definition) is 4. The van der Waals surface area contributed by atoms with Crippen molar-refractivity contribution in [2.24, 2.45) is 11.8 Å². The number of hydrogen-bond donors (Lipinski definition) is 1. The van der Waals surface area contributed by atoms with Crippen LogP contribution in [0.3, 0.4) is 0 Å². The van der Waals surface area contributed by atoms with Crippen molar-refractivity contribution >= 4 is 17.5 Å². The molecule has 3 heterocycles. The van der Waals surface area contributed by atoms with Gasteiger partial charge in [0.1, 0.15) is 5.60 Å². The van der Waals surface area contributed by atoms with Gasteiger partial charge in [-0.2, -0.15) is 0 Å². The molecule has 4 unspecified atom stereocenters. The largest absolute Gasteiger partial charge is 0.370 e. The van der Waals surface area contributed by atoms with E-state index in [0.717, 1.165) is 23.4 Å². The molecule has 2 aromatic carbocycles. The SMILES string of the molecule is CCN(CCNC(=O)C1C2C=CC3(CN(Cc4ccccc4C)C(=O)C13)O2)c1ccccc1. The van der Waals surface area contributed by atoms with Gasteiger partial charge in [-0.3, -0.25) is 9.59 Å². The Kier molecular flexibility index (Phi) is 5.71. The van der Waals surface area contributed by atoms with Crippen molar-refractivity contribution in [3.05, 3.63) is 77.9 Å². The second-order valence-corrected chi connectivity index (χ2v) is 9.23. The third kappa shape index (κ3) is 3.82. The lowest BCUT2D eigenvalue weighted by Crippen LogP contribution is -2.45. The van der Waals surface area contributed by atoms with E-state index < -0.39 is 17.4 Å². The van der Waals surface area contributed by atoms with Crippen LogP contribution in [-0.4, -0.2) is 54.6 Å². The third-order valence-electron chi connectivity index (χ3n) is 7.29. The van der Waals surface area contributed by atoms with Gasteiger partial charge in [0.05, 0.1) is 24.5 Å². The molecule has 5 rings (SSSR count). The number of carbonyl (C=O) groups is 2. The number of likely N-dealkylation sites (N-methyl/N-ethyl adjacent to an activating group) is 1. The van der Waals surface area contributed by atoms with Crippen molar-refractivity contribution in [2.45, 2.75) is 32.1 Å². The fourth-order valence-corrected chi connectivity index (χ4v) is 5.55. The van der Waals surface area contributed by atoms with E-state index >= 15 is 0 Å². The molecule has 1 N–H and O–H groups in total. The van der Waals surface area contributed by atoms with Crippen molar-refractivity contribution in [3.63, 3.8) is 0 Å². The lowest BCUT2D eigenvalue weighted by molar-refractivity contribution is -0.137. The number of rotatable bonds is 8. The number of benzene rings is 2. The fraction of sp³-hybridized carbons (Fsp3) is 0.407. The second kappa shape index (κ2) is 8.67. The van der Waals surface area contributed by atoms with E-state index in [1.807, 2.05) is 47.4 Å². The van der Waals surface area contributed by atoms with Crippen LogP contribution >= 0.6 is 0 Å². The van der Waals surface area contributed by atoms with Gasteiger partial charge >= 0.3 is 0 Å². The predicted octanol–water partition coefficient (Wildman–Crippen LogP) is 2.92. The second-order valence-electron chi connectivity index (χ2n) is 9.23. The average Bonchev–Trinajstić information content (AvgIpc) is 3.47. The van der Waals surface area contributed by atoms with Crippen molar-refractivity contribution in [3.8, 4) is 0 Å². The highest BCUT2D eigenvalue weighted by Gasteiger charge is 2.66. The first-order chi connectivity index (χ1) is 16.0. The molecule has 172 valence electrons. The number of anilines is 1. The van der Waals surface area contributed by atoms with Crippen LogP contribution in [0.1, 0.15) is 18.1 Å². The van der Waals surface area contributed by atoms with E-state index in [-0.39, 0.29) is 17.9 Å². The number of nitrogens with zero attached hydrogens (tertiary/aromatic N) is 2. The summed E-state index contributed by atoms with van der Waals surface area (Å²) in [6.07, 6.45) is 3.65. The van der Waals surface area contributed by atoms with Gasteiger partial charge in [0.25, 0.3) is 0 Å². The molecule has 3 aliphatic heterocycles. The first-order valence-electron chi connectivity index (χ1n) is 11.8. The average molecular weight is 446 g/mol. The molecule has 2 saturated heterocycles. The highest BCUT2D eigenvalue weighted by Crippen LogP contribution is 2.52. The van der Waals surface area contributed by atoms with Gasteiger partial charge in [0, 0.05) is 31.9 Å². The molecule has 2 fully saturated rings. The maximum absolute atomic E-state index is 13.4. The number of nitrogens with one attached hydrogen (secondary N) is 1. The molecule has 0 saturated carbocycles. The van der Waals surface area contributed by atoms with Gasteiger partial charge in [-0.05, 0) is 37.1 Å². The predicted molar refractivity (Wildman–Crippen MR) is 128 cm³/mol. The highest BCUT2D eigenvalue weighted by atomic mass is 16.5. The molecule has 2 bridgehead atoms. The van der Waals surface area contributed by atoms with Gasteiger partial charge in [0.15, 0.2) is 0 Å². The molecule has 6 nitrogen and oxygen atoms in total. The summed E-state index contributed by atoms with van der Waals surface area (Å²) in [6, 6.07) is 18.3. The van der Waals surface area contributed by atoms with Gasteiger partial charge in [-0.1, -0.05) is 54.6 Å². The molecule has 33 heavy (non-hydrogen) atoms. The Bertz CT molecular complexity index is 1070. The van der Waals surface area contributed by atoms with Crippen molar-refractivity contribution in [2.75, 3.05) is 31.1 Å². The minimum atomic E-state index is -0.675. The summed E-state index contributed by atoms with van der Waals surface area (Å²) in [4.78, 5) is 30.8. The van der Waals surface area contributed by atoms with Crippen LogP contribution in [0.2, 0.25) is 0 Å².